The minimum absolute atomic E-state index is 0.129. The normalized spacial score (nSPS) is 29.2. The van der Waals surface area contributed by atoms with E-state index >= 15 is 0 Å². The van der Waals surface area contributed by atoms with E-state index in [4.69, 9.17) is 0 Å². The molecule has 0 aromatic heterocycles. The number of amides is 3. The highest BCUT2D eigenvalue weighted by Crippen LogP contribution is 2.50. The zero-order valence-electron chi connectivity index (χ0n) is 15.7. The van der Waals surface area contributed by atoms with Gasteiger partial charge >= 0.3 is 0 Å². The third kappa shape index (κ3) is 2.42. The Morgan fingerprint density at radius 2 is 1.57 bits per heavy atom. The monoisotopic (exact) mass is 374 g/mol. The summed E-state index contributed by atoms with van der Waals surface area (Å²) in [6.07, 6.45) is 6.08. The lowest BCUT2D eigenvalue weighted by Crippen LogP contribution is -2.46. The van der Waals surface area contributed by atoms with Crippen molar-refractivity contribution in [2.45, 2.75) is 25.8 Å². The number of imide groups is 1. The van der Waals surface area contributed by atoms with Crippen molar-refractivity contribution in [3.05, 3.63) is 54.6 Å². The molecule has 1 saturated heterocycles. The molecule has 0 radical (unpaired) electrons. The molecule has 2 aromatic carbocycles. The van der Waals surface area contributed by atoms with Gasteiger partial charge in [0, 0.05) is 11.1 Å². The molecular formula is C23H22N2O3. The van der Waals surface area contributed by atoms with Crippen molar-refractivity contribution >= 4 is 34.2 Å². The molecule has 1 heterocycles. The van der Waals surface area contributed by atoms with E-state index in [-0.39, 0.29) is 41.4 Å². The second kappa shape index (κ2) is 6.30. The summed E-state index contributed by atoms with van der Waals surface area (Å²) < 4.78 is 0. The fraction of sp³-hybridized carbons (Fsp3) is 0.348. The van der Waals surface area contributed by atoms with E-state index in [1.165, 1.54) is 4.90 Å². The van der Waals surface area contributed by atoms with Crippen molar-refractivity contribution in [3.63, 3.8) is 0 Å². The number of allylic oxidation sites excluding steroid dienone is 2. The van der Waals surface area contributed by atoms with Crippen LogP contribution in [0.1, 0.15) is 19.8 Å². The summed E-state index contributed by atoms with van der Waals surface area (Å²) in [7, 11) is 0. The molecule has 142 valence electrons. The van der Waals surface area contributed by atoms with Gasteiger partial charge in [-0.25, -0.2) is 0 Å². The minimum Gasteiger partial charge on any atom is -0.324 e. The minimum atomic E-state index is -0.830. The number of nitrogens with one attached hydrogen (secondary N) is 1. The second-order valence-electron chi connectivity index (χ2n) is 8.08. The molecule has 2 aromatic rings. The average molecular weight is 374 g/mol. The van der Waals surface area contributed by atoms with Crippen LogP contribution in [0.2, 0.25) is 0 Å². The highest BCUT2D eigenvalue weighted by molar-refractivity contribution is 6.11. The predicted octanol–water partition coefficient (Wildman–Crippen LogP) is 3.36. The molecule has 5 unspecified atom stereocenters. The van der Waals surface area contributed by atoms with Gasteiger partial charge in [0.15, 0.2) is 0 Å². The molecule has 4 aliphatic rings. The maximum atomic E-state index is 13.0. The third-order valence-electron chi connectivity index (χ3n) is 6.61. The first kappa shape index (κ1) is 17.2. The fourth-order valence-electron chi connectivity index (χ4n) is 5.17. The highest BCUT2D eigenvalue weighted by atomic mass is 16.2. The van der Waals surface area contributed by atoms with Crippen LogP contribution in [-0.4, -0.2) is 28.7 Å². The number of carbonyl (C=O) groups is 3. The predicted molar refractivity (Wildman–Crippen MR) is 106 cm³/mol. The van der Waals surface area contributed by atoms with Crippen molar-refractivity contribution in [3.8, 4) is 0 Å². The number of benzene rings is 2. The van der Waals surface area contributed by atoms with Crippen LogP contribution in [0.15, 0.2) is 54.6 Å². The van der Waals surface area contributed by atoms with E-state index < -0.39 is 6.04 Å². The van der Waals surface area contributed by atoms with Gasteiger partial charge in [0.25, 0.3) is 0 Å². The third-order valence-corrected chi connectivity index (χ3v) is 6.61. The number of fused-ring (bicyclic) bond motifs is 2. The van der Waals surface area contributed by atoms with Crippen LogP contribution in [0.3, 0.4) is 0 Å². The smallest absolute Gasteiger partial charge is 0.247 e. The van der Waals surface area contributed by atoms with Crippen molar-refractivity contribution in [2.75, 3.05) is 5.32 Å². The first-order chi connectivity index (χ1) is 13.6. The van der Waals surface area contributed by atoms with Crippen LogP contribution in [-0.2, 0) is 14.4 Å². The number of nitrogens with zero attached hydrogens (tertiary/aromatic N) is 1. The lowest BCUT2D eigenvalue weighted by atomic mass is 9.63. The van der Waals surface area contributed by atoms with Crippen LogP contribution in [0.5, 0.6) is 0 Å². The van der Waals surface area contributed by atoms with Crippen LogP contribution in [0, 0.1) is 23.7 Å². The molecule has 0 spiro atoms. The standard InChI is InChI=1S/C23H22N2O3/c1-13(21(26)24-18-8-4-6-14-5-2-3-7-17(14)18)25-22(27)19-15-9-10-16(12-11-15)20(19)23(25)28/h2-10,13,15-16,19-20H,11-12H2,1H3,(H,24,26). The average Bonchev–Trinajstić information content (AvgIpc) is 3.01. The molecule has 5 atom stereocenters. The zero-order chi connectivity index (χ0) is 19.4. The van der Waals surface area contributed by atoms with E-state index in [1.807, 2.05) is 42.5 Å². The van der Waals surface area contributed by atoms with Gasteiger partial charge in [0.1, 0.15) is 6.04 Å². The molecule has 5 heteroatoms. The largest absolute Gasteiger partial charge is 0.324 e. The van der Waals surface area contributed by atoms with E-state index in [2.05, 4.69) is 17.5 Å². The van der Waals surface area contributed by atoms with Gasteiger partial charge in [-0.15, -0.1) is 0 Å². The van der Waals surface area contributed by atoms with Gasteiger partial charge in [-0.2, -0.15) is 0 Å². The summed E-state index contributed by atoms with van der Waals surface area (Å²) in [6.45, 7) is 1.64. The molecule has 1 N–H and O–H groups in total. The van der Waals surface area contributed by atoms with Crippen molar-refractivity contribution in [1.82, 2.24) is 4.90 Å². The maximum Gasteiger partial charge on any atom is 0.247 e. The Morgan fingerprint density at radius 3 is 2.21 bits per heavy atom. The molecule has 6 rings (SSSR count). The first-order valence-corrected chi connectivity index (χ1v) is 9.90. The Labute approximate surface area is 163 Å². The molecule has 5 nitrogen and oxygen atoms in total. The quantitative estimate of drug-likeness (QED) is 0.662. The Bertz CT molecular complexity index is 990. The second-order valence-corrected chi connectivity index (χ2v) is 8.08. The Morgan fingerprint density at radius 1 is 0.964 bits per heavy atom. The number of hydrogen-bond donors (Lipinski definition) is 1. The first-order valence-electron chi connectivity index (χ1n) is 9.90. The summed E-state index contributed by atoms with van der Waals surface area (Å²) in [5.41, 5.74) is 0.688. The van der Waals surface area contributed by atoms with E-state index in [0.29, 0.717) is 5.69 Å². The summed E-state index contributed by atoms with van der Waals surface area (Å²) in [6, 6.07) is 12.7. The SMILES string of the molecule is CC(C(=O)Nc1cccc2ccccc12)N1C(=O)C2C3C=CC(CC3)C2C1=O. The number of anilines is 1. The number of rotatable bonds is 3. The van der Waals surface area contributed by atoms with Crippen molar-refractivity contribution in [1.29, 1.82) is 0 Å². The van der Waals surface area contributed by atoms with E-state index in [9.17, 15) is 14.4 Å². The van der Waals surface area contributed by atoms with Gasteiger partial charge in [-0.05, 0) is 43.1 Å². The molecule has 28 heavy (non-hydrogen) atoms. The summed E-state index contributed by atoms with van der Waals surface area (Å²) in [4.78, 5) is 40.2. The maximum absolute atomic E-state index is 13.0. The van der Waals surface area contributed by atoms with Gasteiger partial charge in [0.05, 0.1) is 11.8 Å². The summed E-state index contributed by atoms with van der Waals surface area (Å²) >= 11 is 0. The molecular weight excluding hydrogens is 352 g/mol. The van der Waals surface area contributed by atoms with Crippen LogP contribution in [0.25, 0.3) is 10.8 Å². The zero-order valence-corrected chi connectivity index (χ0v) is 15.7. The number of carbonyl (C=O) groups excluding carboxylic acids is 3. The van der Waals surface area contributed by atoms with Crippen molar-refractivity contribution < 1.29 is 14.4 Å². The molecule has 3 aliphatic carbocycles. The molecule has 1 saturated carbocycles. The van der Waals surface area contributed by atoms with Gasteiger partial charge in [-0.1, -0.05) is 48.6 Å². The van der Waals surface area contributed by atoms with Crippen molar-refractivity contribution in [2.24, 2.45) is 23.7 Å². The summed E-state index contributed by atoms with van der Waals surface area (Å²) in [5, 5.41) is 4.88. The topological polar surface area (TPSA) is 66.5 Å². The number of hydrogen-bond acceptors (Lipinski definition) is 3. The van der Waals surface area contributed by atoms with Gasteiger partial charge in [-0.3, -0.25) is 19.3 Å². The van der Waals surface area contributed by atoms with Crippen LogP contribution in [0.4, 0.5) is 5.69 Å². The summed E-state index contributed by atoms with van der Waals surface area (Å²) in [5.74, 6) is -1.02. The van der Waals surface area contributed by atoms with Gasteiger partial charge in [0.2, 0.25) is 17.7 Å². The van der Waals surface area contributed by atoms with E-state index in [0.717, 1.165) is 23.6 Å². The molecule has 3 amide bonds. The highest BCUT2D eigenvalue weighted by Gasteiger charge is 2.58. The number of likely N-dealkylation sites (tertiary alicyclic amines) is 1. The molecule has 2 fully saturated rings. The fourth-order valence-corrected chi connectivity index (χ4v) is 5.17. The van der Waals surface area contributed by atoms with Crippen LogP contribution < -0.4 is 5.32 Å². The lowest BCUT2D eigenvalue weighted by molar-refractivity contribution is -0.146. The Balaban J connectivity index is 1.40. The van der Waals surface area contributed by atoms with Gasteiger partial charge < -0.3 is 5.32 Å². The lowest BCUT2D eigenvalue weighted by Gasteiger charge is -2.38. The Hall–Kier alpha value is -2.95. The molecule has 1 aliphatic heterocycles. The van der Waals surface area contributed by atoms with Crippen LogP contribution >= 0.6 is 0 Å². The van der Waals surface area contributed by atoms with E-state index in [1.54, 1.807) is 6.92 Å². The Kier molecular flexibility index (Phi) is 3.86. The molecule has 2 bridgehead atoms.